The Morgan fingerprint density at radius 2 is 2.17 bits per heavy atom. The van der Waals surface area contributed by atoms with E-state index in [1.165, 1.54) is 0 Å². The Morgan fingerprint density at radius 1 is 1.39 bits per heavy atom. The van der Waals surface area contributed by atoms with E-state index in [0.29, 0.717) is 11.7 Å². The van der Waals surface area contributed by atoms with Gasteiger partial charge in [0, 0.05) is 17.9 Å². The molecule has 18 heavy (non-hydrogen) atoms. The van der Waals surface area contributed by atoms with E-state index in [-0.39, 0.29) is 5.78 Å². The van der Waals surface area contributed by atoms with E-state index in [9.17, 15) is 4.79 Å². The van der Waals surface area contributed by atoms with Gasteiger partial charge >= 0.3 is 0 Å². The second-order valence-electron chi connectivity index (χ2n) is 4.81. The van der Waals surface area contributed by atoms with E-state index in [1.807, 2.05) is 11.8 Å². The standard InChI is InChI=1S/C14H20N2OS/c1-3-10(2)18-9-14-15-8-11-12(16-14)6-4-5-7-13(11)17/h8,10H,3-7,9H2,1-2H3. The number of fused-ring (bicyclic) bond motifs is 1. The molecule has 1 unspecified atom stereocenters. The Bertz CT molecular complexity index is 434. The van der Waals surface area contributed by atoms with Gasteiger partial charge in [-0.15, -0.1) is 0 Å². The normalized spacial score (nSPS) is 17.1. The minimum atomic E-state index is 0.212. The Balaban J connectivity index is 2.11. The number of rotatable bonds is 4. The Labute approximate surface area is 113 Å². The smallest absolute Gasteiger partial charge is 0.166 e. The number of carbonyl (C=O) groups is 1. The molecule has 0 N–H and O–H groups in total. The van der Waals surface area contributed by atoms with E-state index in [2.05, 4.69) is 23.8 Å². The van der Waals surface area contributed by atoms with Crippen molar-refractivity contribution in [1.29, 1.82) is 0 Å². The summed E-state index contributed by atoms with van der Waals surface area (Å²) in [5, 5.41) is 0.633. The second kappa shape index (κ2) is 6.32. The fraction of sp³-hybridized carbons (Fsp3) is 0.643. The first-order chi connectivity index (χ1) is 8.70. The highest BCUT2D eigenvalue weighted by Crippen LogP contribution is 2.21. The van der Waals surface area contributed by atoms with E-state index >= 15 is 0 Å². The van der Waals surface area contributed by atoms with Gasteiger partial charge < -0.3 is 0 Å². The summed E-state index contributed by atoms with van der Waals surface area (Å²) in [7, 11) is 0. The summed E-state index contributed by atoms with van der Waals surface area (Å²) >= 11 is 1.88. The van der Waals surface area contributed by atoms with Gasteiger partial charge in [0.1, 0.15) is 5.82 Å². The number of hydrogen-bond donors (Lipinski definition) is 0. The summed E-state index contributed by atoms with van der Waals surface area (Å²) < 4.78 is 0. The molecule has 0 amide bonds. The largest absolute Gasteiger partial charge is 0.294 e. The molecule has 0 fully saturated rings. The maximum atomic E-state index is 11.8. The molecule has 1 heterocycles. The fourth-order valence-corrected chi connectivity index (χ4v) is 2.81. The molecule has 0 aromatic carbocycles. The first-order valence-electron chi connectivity index (χ1n) is 6.70. The van der Waals surface area contributed by atoms with Gasteiger partial charge in [0.2, 0.25) is 0 Å². The van der Waals surface area contributed by atoms with Crippen LogP contribution in [0.15, 0.2) is 6.20 Å². The van der Waals surface area contributed by atoms with Gasteiger partial charge in [0.05, 0.1) is 17.0 Å². The van der Waals surface area contributed by atoms with Crippen LogP contribution in [0.4, 0.5) is 0 Å². The molecule has 1 aliphatic carbocycles. The summed E-state index contributed by atoms with van der Waals surface area (Å²) in [5.41, 5.74) is 1.72. The lowest BCUT2D eigenvalue weighted by Crippen LogP contribution is -2.07. The maximum Gasteiger partial charge on any atom is 0.166 e. The topological polar surface area (TPSA) is 42.9 Å². The van der Waals surface area contributed by atoms with E-state index in [1.54, 1.807) is 6.20 Å². The van der Waals surface area contributed by atoms with Crippen molar-refractivity contribution in [2.75, 3.05) is 0 Å². The van der Waals surface area contributed by atoms with Gasteiger partial charge in [-0.05, 0) is 25.7 Å². The molecule has 0 radical (unpaired) electrons. The molecule has 0 spiro atoms. The highest BCUT2D eigenvalue weighted by molar-refractivity contribution is 7.99. The second-order valence-corrected chi connectivity index (χ2v) is 6.23. The summed E-state index contributed by atoms with van der Waals surface area (Å²) in [6.45, 7) is 4.41. The van der Waals surface area contributed by atoms with Crippen molar-refractivity contribution in [3.8, 4) is 0 Å². The molecule has 0 bridgehead atoms. The molecular weight excluding hydrogens is 244 g/mol. The number of aryl methyl sites for hydroxylation is 1. The predicted octanol–water partition coefficient (Wildman–Crippen LogP) is 3.42. The van der Waals surface area contributed by atoms with Crippen LogP contribution in [0.1, 0.15) is 61.4 Å². The highest BCUT2D eigenvalue weighted by Gasteiger charge is 2.17. The van der Waals surface area contributed by atoms with Gasteiger partial charge in [-0.3, -0.25) is 4.79 Å². The average molecular weight is 264 g/mol. The van der Waals surface area contributed by atoms with Gasteiger partial charge in [0.25, 0.3) is 0 Å². The molecule has 0 saturated heterocycles. The minimum Gasteiger partial charge on any atom is -0.294 e. The van der Waals surface area contributed by atoms with Crippen molar-refractivity contribution >= 4 is 17.5 Å². The third-order valence-corrected chi connectivity index (χ3v) is 4.68. The Hall–Kier alpha value is -0.900. The van der Waals surface area contributed by atoms with Crippen LogP contribution in [-0.4, -0.2) is 21.0 Å². The molecule has 0 saturated carbocycles. The summed E-state index contributed by atoms with van der Waals surface area (Å²) in [4.78, 5) is 20.8. The van der Waals surface area contributed by atoms with Crippen LogP contribution in [0, 0.1) is 0 Å². The zero-order valence-electron chi connectivity index (χ0n) is 11.1. The zero-order chi connectivity index (χ0) is 13.0. The van der Waals surface area contributed by atoms with Crippen LogP contribution < -0.4 is 0 Å². The Morgan fingerprint density at radius 3 is 2.94 bits per heavy atom. The number of ketones is 1. The number of hydrogen-bond acceptors (Lipinski definition) is 4. The van der Waals surface area contributed by atoms with Crippen LogP contribution >= 0.6 is 11.8 Å². The number of thioether (sulfide) groups is 1. The quantitative estimate of drug-likeness (QED) is 0.782. The van der Waals surface area contributed by atoms with Gasteiger partial charge in [-0.25, -0.2) is 9.97 Å². The molecular formula is C14H20N2OS. The third kappa shape index (κ3) is 3.31. The molecule has 2 rings (SSSR count). The monoisotopic (exact) mass is 264 g/mol. The highest BCUT2D eigenvalue weighted by atomic mass is 32.2. The zero-order valence-corrected chi connectivity index (χ0v) is 11.9. The van der Waals surface area contributed by atoms with Crippen molar-refractivity contribution in [3.63, 3.8) is 0 Å². The lowest BCUT2D eigenvalue weighted by atomic mass is 10.1. The Kier molecular flexibility index (Phi) is 4.75. The molecule has 1 atom stereocenters. The van der Waals surface area contributed by atoms with E-state index in [0.717, 1.165) is 48.5 Å². The van der Waals surface area contributed by atoms with Crippen LogP contribution in [-0.2, 0) is 12.2 Å². The number of nitrogens with zero attached hydrogens (tertiary/aromatic N) is 2. The number of Topliss-reactive ketones (excluding diaryl/α,β-unsaturated/α-hetero) is 1. The van der Waals surface area contributed by atoms with Crippen LogP contribution in [0.5, 0.6) is 0 Å². The van der Waals surface area contributed by atoms with Crippen molar-refractivity contribution in [2.45, 2.75) is 57.0 Å². The predicted molar refractivity (Wildman–Crippen MR) is 75.0 cm³/mol. The first-order valence-corrected chi connectivity index (χ1v) is 7.75. The minimum absolute atomic E-state index is 0.212. The summed E-state index contributed by atoms with van der Waals surface area (Å²) in [5.74, 6) is 1.92. The molecule has 1 aromatic rings. The van der Waals surface area contributed by atoms with Crippen molar-refractivity contribution in [3.05, 3.63) is 23.3 Å². The first kappa shape index (κ1) is 13.5. The lowest BCUT2D eigenvalue weighted by molar-refractivity contribution is 0.0981. The van der Waals surface area contributed by atoms with Crippen molar-refractivity contribution < 1.29 is 4.79 Å². The molecule has 4 heteroatoms. The molecule has 1 aromatic heterocycles. The molecule has 98 valence electrons. The molecule has 3 nitrogen and oxygen atoms in total. The van der Waals surface area contributed by atoms with Gasteiger partial charge in [-0.1, -0.05) is 13.8 Å². The van der Waals surface area contributed by atoms with Crippen molar-refractivity contribution in [2.24, 2.45) is 0 Å². The molecule has 1 aliphatic rings. The maximum absolute atomic E-state index is 11.8. The van der Waals surface area contributed by atoms with Gasteiger partial charge in [-0.2, -0.15) is 11.8 Å². The summed E-state index contributed by atoms with van der Waals surface area (Å²) in [6, 6.07) is 0. The summed E-state index contributed by atoms with van der Waals surface area (Å²) in [6.07, 6.45) is 6.51. The van der Waals surface area contributed by atoms with E-state index < -0.39 is 0 Å². The number of carbonyl (C=O) groups excluding carboxylic acids is 1. The van der Waals surface area contributed by atoms with Crippen LogP contribution in [0.3, 0.4) is 0 Å². The van der Waals surface area contributed by atoms with Crippen molar-refractivity contribution in [1.82, 2.24) is 9.97 Å². The van der Waals surface area contributed by atoms with Gasteiger partial charge in [0.15, 0.2) is 5.78 Å². The fourth-order valence-electron chi connectivity index (χ4n) is 2.00. The lowest BCUT2D eigenvalue weighted by Gasteiger charge is -2.09. The molecule has 0 aliphatic heterocycles. The number of aromatic nitrogens is 2. The van der Waals surface area contributed by atoms with Crippen LogP contribution in [0.2, 0.25) is 0 Å². The SMILES string of the molecule is CCC(C)SCc1ncc2c(n1)CCCCC2=O. The average Bonchev–Trinajstić information content (AvgIpc) is 2.58. The third-order valence-electron chi connectivity index (χ3n) is 3.36. The van der Waals surface area contributed by atoms with E-state index in [4.69, 9.17) is 0 Å². The van der Waals surface area contributed by atoms with Crippen LogP contribution in [0.25, 0.3) is 0 Å².